The van der Waals surface area contributed by atoms with Crippen molar-refractivity contribution in [3.8, 4) is 0 Å². The third kappa shape index (κ3) is 5.79. The number of nitrogens with zero attached hydrogens (tertiary/aromatic N) is 1. The van der Waals surface area contributed by atoms with Crippen molar-refractivity contribution >= 4 is 39.2 Å². The van der Waals surface area contributed by atoms with Crippen LogP contribution in [0.15, 0.2) is 47.4 Å². The van der Waals surface area contributed by atoms with E-state index in [1.165, 1.54) is 44.5 Å². The van der Waals surface area contributed by atoms with Crippen LogP contribution in [0.5, 0.6) is 0 Å². The zero-order chi connectivity index (χ0) is 22.3. The van der Waals surface area contributed by atoms with Crippen molar-refractivity contribution in [3.05, 3.63) is 58.6 Å². The summed E-state index contributed by atoms with van der Waals surface area (Å²) in [5.74, 6) is -0.974. The fraction of sp³-hybridized carbons (Fsp3) is 0.300. The van der Waals surface area contributed by atoms with E-state index in [1.54, 1.807) is 12.1 Å². The zero-order valence-electron chi connectivity index (χ0n) is 16.8. The molecule has 0 bridgehead atoms. The Balaban J connectivity index is 2.15. The van der Waals surface area contributed by atoms with Crippen LogP contribution in [0.2, 0.25) is 5.02 Å². The Morgan fingerprint density at radius 3 is 2.33 bits per heavy atom. The minimum Gasteiger partial charge on any atom is -0.462 e. The lowest BCUT2D eigenvalue weighted by Crippen LogP contribution is -2.26. The van der Waals surface area contributed by atoms with Crippen molar-refractivity contribution in [2.45, 2.75) is 24.7 Å². The number of unbranched alkanes of at least 4 members (excludes halogenated alkanes) is 1. The fourth-order valence-corrected chi connectivity index (χ4v) is 3.84. The molecule has 1 amide bonds. The van der Waals surface area contributed by atoms with Crippen molar-refractivity contribution < 1.29 is 27.6 Å². The Bertz CT molecular complexity index is 1010. The molecule has 162 valence electrons. The predicted molar refractivity (Wildman–Crippen MR) is 113 cm³/mol. The highest BCUT2D eigenvalue weighted by Gasteiger charge is 2.25. The number of sulfonamides is 1. The standard InChI is InChI=1S/C20H23ClN2O6S/c1-4-5-12-29-20(25)14-6-9-16(10-7-14)22-19(24)15-8-11-17(21)18(13-15)30(26,27)23(2)28-3/h6-11,13H,4-5,12H2,1-3H3,(H,22,24). The second kappa shape index (κ2) is 10.5. The molecule has 0 fully saturated rings. The largest absolute Gasteiger partial charge is 0.462 e. The molecule has 8 nitrogen and oxygen atoms in total. The third-order valence-electron chi connectivity index (χ3n) is 4.18. The van der Waals surface area contributed by atoms with E-state index in [4.69, 9.17) is 21.2 Å². The van der Waals surface area contributed by atoms with Gasteiger partial charge in [0.2, 0.25) is 0 Å². The molecule has 0 unspecified atom stereocenters. The number of hydrogen-bond acceptors (Lipinski definition) is 6. The van der Waals surface area contributed by atoms with E-state index < -0.39 is 21.9 Å². The van der Waals surface area contributed by atoms with Crippen molar-refractivity contribution in [1.29, 1.82) is 0 Å². The molecule has 0 aliphatic heterocycles. The summed E-state index contributed by atoms with van der Waals surface area (Å²) in [5, 5.41) is 2.60. The van der Waals surface area contributed by atoms with Gasteiger partial charge in [-0.3, -0.25) is 9.63 Å². The number of benzene rings is 2. The van der Waals surface area contributed by atoms with Crippen molar-refractivity contribution in [1.82, 2.24) is 4.47 Å². The van der Waals surface area contributed by atoms with Crippen LogP contribution in [-0.4, -0.2) is 45.5 Å². The Hall–Kier alpha value is -2.46. The first-order valence-corrected chi connectivity index (χ1v) is 10.9. The van der Waals surface area contributed by atoms with Crippen molar-refractivity contribution in [2.75, 3.05) is 26.1 Å². The Morgan fingerprint density at radius 2 is 1.73 bits per heavy atom. The Morgan fingerprint density at radius 1 is 1.10 bits per heavy atom. The molecule has 2 aromatic rings. The highest BCUT2D eigenvalue weighted by molar-refractivity contribution is 7.89. The van der Waals surface area contributed by atoms with Crippen LogP contribution < -0.4 is 5.32 Å². The lowest BCUT2D eigenvalue weighted by molar-refractivity contribution is -0.0258. The summed E-state index contributed by atoms with van der Waals surface area (Å²) in [6.07, 6.45) is 1.71. The monoisotopic (exact) mass is 454 g/mol. The molecular formula is C20H23ClN2O6S. The summed E-state index contributed by atoms with van der Waals surface area (Å²) < 4.78 is 30.7. The van der Waals surface area contributed by atoms with Gasteiger partial charge in [-0.1, -0.05) is 29.4 Å². The van der Waals surface area contributed by atoms with Gasteiger partial charge in [-0.05, 0) is 48.9 Å². The maximum absolute atomic E-state index is 12.6. The summed E-state index contributed by atoms with van der Waals surface area (Å²) in [6.45, 7) is 2.36. The molecule has 0 spiro atoms. The smallest absolute Gasteiger partial charge is 0.338 e. The van der Waals surface area contributed by atoms with Gasteiger partial charge in [-0.15, -0.1) is 0 Å². The lowest BCUT2D eigenvalue weighted by atomic mass is 10.2. The first-order chi connectivity index (χ1) is 14.2. The molecule has 1 N–H and O–H groups in total. The van der Waals surface area contributed by atoms with E-state index in [0.29, 0.717) is 22.3 Å². The molecule has 2 rings (SSSR count). The molecule has 0 aromatic heterocycles. The Labute approximate surface area is 180 Å². The topological polar surface area (TPSA) is 102 Å². The zero-order valence-corrected chi connectivity index (χ0v) is 18.4. The number of rotatable bonds is 9. The van der Waals surface area contributed by atoms with E-state index >= 15 is 0 Å². The van der Waals surface area contributed by atoms with Crippen LogP contribution in [0.3, 0.4) is 0 Å². The third-order valence-corrected chi connectivity index (χ3v) is 6.34. The number of carbonyl (C=O) groups excluding carboxylic acids is 2. The quantitative estimate of drug-likeness (QED) is 0.352. The Kier molecular flexibility index (Phi) is 8.36. The number of nitrogens with one attached hydrogen (secondary N) is 1. The normalized spacial score (nSPS) is 11.4. The summed E-state index contributed by atoms with van der Waals surface area (Å²) in [5.41, 5.74) is 0.885. The van der Waals surface area contributed by atoms with Crippen LogP contribution in [-0.2, 0) is 19.6 Å². The molecule has 30 heavy (non-hydrogen) atoms. The van der Waals surface area contributed by atoms with E-state index in [-0.39, 0.29) is 15.5 Å². The van der Waals surface area contributed by atoms with Gasteiger partial charge in [0.15, 0.2) is 0 Å². The minimum atomic E-state index is -4.03. The second-order valence-electron chi connectivity index (χ2n) is 6.26. The molecule has 0 saturated carbocycles. The van der Waals surface area contributed by atoms with Crippen LogP contribution >= 0.6 is 11.6 Å². The maximum atomic E-state index is 12.6. The second-order valence-corrected chi connectivity index (χ2v) is 8.57. The summed E-state index contributed by atoms with van der Waals surface area (Å²) in [4.78, 5) is 28.9. The van der Waals surface area contributed by atoms with Gasteiger partial charge in [0, 0.05) is 18.3 Å². The number of hydrogen-bond donors (Lipinski definition) is 1. The van der Waals surface area contributed by atoms with Gasteiger partial charge < -0.3 is 10.1 Å². The summed E-state index contributed by atoms with van der Waals surface area (Å²) >= 11 is 6.00. The SMILES string of the molecule is CCCCOC(=O)c1ccc(NC(=O)c2ccc(Cl)c(S(=O)(=O)N(C)OC)c2)cc1. The van der Waals surface area contributed by atoms with E-state index in [2.05, 4.69) is 5.32 Å². The van der Waals surface area contributed by atoms with E-state index in [0.717, 1.165) is 12.8 Å². The number of amides is 1. The number of hydroxylamine groups is 1. The number of esters is 1. The van der Waals surface area contributed by atoms with Crippen LogP contribution in [0.25, 0.3) is 0 Å². The van der Waals surface area contributed by atoms with Gasteiger partial charge in [-0.25, -0.2) is 13.2 Å². The van der Waals surface area contributed by atoms with Gasteiger partial charge in [0.1, 0.15) is 4.90 Å². The minimum absolute atomic E-state index is 0.0404. The highest BCUT2D eigenvalue weighted by atomic mass is 35.5. The number of anilines is 1. The van der Waals surface area contributed by atoms with Crippen molar-refractivity contribution in [2.24, 2.45) is 0 Å². The van der Waals surface area contributed by atoms with Gasteiger partial charge in [0.25, 0.3) is 15.9 Å². The van der Waals surface area contributed by atoms with E-state index in [1.807, 2.05) is 6.92 Å². The predicted octanol–water partition coefficient (Wildman–Crippen LogP) is 3.73. The van der Waals surface area contributed by atoms with Crippen molar-refractivity contribution in [3.63, 3.8) is 0 Å². The highest BCUT2D eigenvalue weighted by Crippen LogP contribution is 2.26. The molecule has 0 atom stereocenters. The fourth-order valence-electron chi connectivity index (χ4n) is 2.36. The molecule has 0 heterocycles. The number of ether oxygens (including phenoxy) is 1. The van der Waals surface area contributed by atoms with E-state index in [9.17, 15) is 18.0 Å². The molecule has 2 aromatic carbocycles. The van der Waals surface area contributed by atoms with Crippen LogP contribution in [0.1, 0.15) is 40.5 Å². The molecule has 10 heteroatoms. The molecule has 0 aliphatic carbocycles. The average Bonchev–Trinajstić information content (AvgIpc) is 2.73. The molecule has 0 saturated heterocycles. The maximum Gasteiger partial charge on any atom is 0.338 e. The lowest BCUT2D eigenvalue weighted by Gasteiger charge is -2.16. The van der Waals surface area contributed by atoms with Gasteiger partial charge in [-0.2, -0.15) is 0 Å². The van der Waals surface area contributed by atoms with Crippen LogP contribution in [0.4, 0.5) is 5.69 Å². The average molecular weight is 455 g/mol. The first kappa shape index (κ1) is 23.8. The first-order valence-electron chi connectivity index (χ1n) is 9.11. The molecule has 0 aliphatic rings. The summed E-state index contributed by atoms with van der Waals surface area (Å²) in [7, 11) is -1.61. The number of carbonyl (C=O) groups is 2. The number of halogens is 1. The van der Waals surface area contributed by atoms with Gasteiger partial charge >= 0.3 is 5.97 Å². The van der Waals surface area contributed by atoms with Crippen LogP contribution in [0, 0.1) is 0 Å². The molecule has 0 radical (unpaired) electrons. The van der Waals surface area contributed by atoms with Gasteiger partial charge in [0.05, 0.1) is 24.3 Å². The summed E-state index contributed by atoms with van der Waals surface area (Å²) in [6, 6.07) is 10.1. The molecular weight excluding hydrogens is 432 g/mol.